The third-order valence-electron chi connectivity index (χ3n) is 4.81. The van der Waals surface area contributed by atoms with Crippen molar-refractivity contribution in [3.8, 4) is 0 Å². The Morgan fingerprint density at radius 1 is 0.609 bits per heavy atom. The number of aliphatic imine (C=N–C) groups is 2. The van der Waals surface area contributed by atoms with Crippen LogP contribution >= 0.6 is 0 Å². The standard InChI is InChI=1S/C20H39N3/c1-2-3-4-5-6-7-8-9-10-11-12-13-14-15-16-17-20(21)22-18-19-23-20/h18-19H,2-17,21H2,1H3. The quantitative estimate of drug-likeness (QED) is 0.347. The molecule has 0 radical (unpaired) electrons. The highest BCUT2D eigenvalue weighted by Crippen LogP contribution is 2.18. The van der Waals surface area contributed by atoms with Gasteiger partial charge in [-0.25, -0.2) is 9.98 Å². The molecule has 0 saturated carbocycles. The van der Waals surface area contributed by atoms with E-state index in [2.05, 4.69) is 16.9 Å². The Morgan fingerprint density at radius 3 is 1.35 bits per heavy atom. The molecule has 3 heteroatoms. The molecule has 1 heterocycles. The summed E-state index contributed by atoms with van der Waals surface area (Å²) in [6, 6.07) is 0. The molecule has 0 spiro atoms. The van der Waals surface area contributed by atoms with Crippen LogP contribution in [0, 0.1) is 0 Å². The van der Waals surface area contributed by atoms with E-state index in [1.165, 1.54) is 89.9 Å². The fourth-order valence-electron chi connectivity index (χ4n) is 3.24. The van der Waals surface area contributed by atoms with Crippen LogP contribution in [0.25, 0.3) is 0 Å². The number of nitrogens with two attached hydrogens (primary N) is 1. The van der Waals surface area contributed by atoms with Crippen molar-refractivity contribution in [1.29, 1.82) is 0 Å². The van der Waals surface area contributed by atoms with Crippen LogP contribution in [-0.2, 0) is 0 Å². The molecule has 1 rings (SSSR count). The number of rotatable bonds is 16. The molecular formula is C20H39N3. The first kappa shape index (κ1) is 20.3. The summed E-state index contributed by atoms with van der Waals surface area (Å²) >= 11 is 0. The Balaban J connectivity index is 1.72. The van der Waals surface area contributed by atoms with Gasteiger partial charge >= 0.3 is 0 Å². The minimum absolute atomic E-state index is 0.628. The molecule has 0 aromatic carbocycles. The summed E-state index contributed by atoms with van der Waals surface area (Å²) in [5.74, 6) is -0.628. The number of hydrogen-bond donors (Lipinski definition) is 1. The summed E-state index contributed by atoms with van der Waals surface area (Å²) in [4.78, 5) is 8.40. The van der Waals surface area contributed by atoms with Crippen LogP contribution in [0.1, 0.15) is 110 Å². The van der Waals surface area contributed by atoms with Gasteiger partial charge in [0, 0.05) is 18.9 Å². The molecule has 0 aromatic heterocycles. The highest BCUT2D eigenvalue weighted by molar-refractivity contribution is 6.17. The third-order valence-corrected chi connectivity index (χ3v) is 4.81. The molecule has 0 aliphatic carbocycles. The Kier molecular flexibility index (Phi) is 12.1. The minimum Gasteiger partial charge on any atom is -0.288 e. The molecule has 3 nitrogen and oxygen atoms in total. The highest BCUT2D eigenvalue weighted by Gasteiger charge is 2.22. The third kappa shape index (κ3) is 11.5. The summed E-state index contributed by atoms with van der Waals surface area (Å²) < 4.78 is 0. The number of hydrogen-bond acceptors (Lipinski definition) is 3. The van der Waals surface area contributed by atoms with Crippen molar-refractivity contribution in [1.82, 2.24) is 0 Å². The lowest BCUT2D eigenvalue weighted by Crippen LogP contribution is -2.33. The van der Waals surface area contributed by atoms with Gasteiger partial charge in [-0.15, -0.1) is 0 Å². The summed E-state index contributed by atoms with van der Waals surface area (Å²) in [7, 11) is 0. The molecule has 23 heavy (non-hydrogen) atoms. The topological polar surface area (TPSA) is 50.7 Å². The predicted molar refractivity (Wildman–Crippen MR) is 103 cm³/mol. The van der Waals surface area contributed by atoms with Crippen LogP contribution in [0.4, 0.5) is 0 Å². The van der Waals surface area contributed by atoms with Crippen molar-refractivity contribution in [3.05, 3.63) is 0 Å². The van der Waals surface area contributed by atoms with Gasteiger partial charge in [0.15, 0.2) is 0 Å². The van der Waals surface area contributed by atoms with Crippen molar-refractivity contribution in [2.45, 2.75) is 115 Å². The Labute approximate surface area is 144 Å². The molecule has 0 atom stereocenters. The molecule has 134 valence electrons. The predicted octanol–water partition coefficient (Wildman–Crippen LogP) is 6.02. The maximum Gasteiger partial charge on any atom is 0.201 e. The molecule has 0 aromatic rings. The average molecular weight is 322 g/mol. The smallest absolute Gasteiger partial charge is 0.201 e. The zero-order chi connectivity index (χ0) is 16.6. The van der Waals surface area contributed by atoms with E-state index in [-0.39, 0.29) is 0 Å². The summed E-state index contributed by atoms with van der Waals surface area (Å²) in [6.45, 7) is 2.29. The van der Waals surface area contributed by atoms with E-state index in [1.807, 2.05) is 0 Å². The normalized spacial score (nSPS) is 15.6. The fourth-order valence-corrected chi connectivity index (χ4v) is 3.24. The Morgan fingerprint density at radius 2 is 0.957 bits per heavy atom. The molecule has 0 saturated heterocycles. The second-order valence-electron chi connectivity index (χ2n) is 7.13. The van der Waals surface area contributed by atoms with Gasteiger partial charge in [-0.2, -0.15) is 0 Å². The van der Waals surface area contributed by atoms with Crippen molar-refractivity contribution >= 4 is 12.4 Å². The van der Waals surface area contributed by atoms with Crippen LogP contribution in [0.2, 0.25) is 0 Å². The van der Waals surface area contributed by atoms with Gasteiger partial charge in [0.2, 0.25) is 5.79 Å². The SMILES string of the molecule is CCCCCCCCCCCCCCCCCC1(N)N=CC=N1. The molecule has 0 fully saturated rings. The first-order chi connectivity index (χ1) is 11.3. The Bertz CT molecular complexity index is 311. The van der Waals surface area contributed by atoms with E-state index >= 15 is 0 Å². The van der Waals surface area contributed by atoms with Gasteiger partial charge in [-0.05, 0) is 6.42 Å². The number of unbranched alkanes of at least 4 members (excludes halogenated alkanes) is 14. The van der Waals surface area contributed by atoms with Crippen LogP contribution < -0.4 is 5.73 Å². The summed E-state index contributed by atoms with van der Waals surface area (Å²) in [5, 5.41) is 0. The lowest BCUT2D eigenvalue weighted by molar-refractivity contribution is 0.413. The second-order valence-corrected chi connectivity index (χ2v) is 7.13. The van der Waals surface area contributed by atoms with Gasteiger partial charge in [-0.1, -0.05) is 96.8 Å². The molecule has 0 bridgehead atoms. The van der Waals surface area contributed by atoms with Crippen molar-refractivity contribution in [2.75, 3.05) is 0 Å². The first-order valence-corrected chi connectivity index (χ1v) is 10.1. The number of nitrogens with zero attached hydrogens (tertiary/aromatic N) is 2. The fraction of sp³-hybridized carbons (Fsp3) is 0.900. The van der Waals surface area contributed by atoms with Crippen molar-refractivity contribution in [2.24, 2.45) is 15.7 Å². The summed E-state index contributed by atoms with van der Waals surface area (Å²) in [6.07, 6.45) is 25.2. The summed E-state index contributed by atoms with van der Waals surface area (Å²) in [5.41, 5.74) is 6.02. The minimum atomic E-state index is -0.628. The van der Waals surface area contributed by atoms with Crippen LogP contribution in [0.3, 0.4) is 0 Å². The lowest BCUT2D eigenvalue weighted by Gasteiger charge is -2.16. The van der Waals surface area contributed by atoms with E-state index in [1.54, 1.807) is 12.4 Å². The van der Waals surface area contributed by atoms with E-state index in [9.17, 15) is 0 Å². The first-order valence-electron chi connectivity index (χ1n) is 10.1. The highest BCUT2D eigenvalue weighted by atomic mass is 15.2. The molecule has 2 N–H and O–H groups in total. The molecule has 1 aliphatic rings. The van der Waals surface area contributed by atoms with Gasteiger partial charge in [0.25, 0.3) is 0 Å². The van der Waals surface area contributed by atoms with Gasteiger partial charge < -0.3 is 0 Å². The maximum atomic E-state index is 6.02. The maximum absolute atomic E-state index is 6.02. The zero-order valence-electron chi connectivity index (χ0n) is 15.4. The zero-order valence-corrected chi connectivity index (χ0v) is 15.4. The van der Waals surface area contributed by atoms with Gasteiger partial charge in [0.1, 0.15) is 0 Å². The largest absolute Gasteiger partial charge is 0.288 e. The van der Waals surface area contributed by atoms with Gasteiger partial charge in [-0.3, -0.25) is 5.73 Å². The van der Waals surface area contributed by atoms with Crippen LogP contribution in [0.5, 0.6) is 0 Å². The monoisotopic (exact) mass is 321 g/mol. The molecular weight excluding hydrogens is 282 g/mol. The van der Waals surface area contributed by atoms with Crippen LogP contribution in [-0.4, -0.2) is 18.2 Å². The van der Waals surface area contributed by atoms with Crippen molar-refractivity contribution < 1.29 is 0 Å². The molecule has 1 aliphatic heterocycles. The average Bonchev–Trinajstić information content (AvgIpc) is 2.98. The van der Waals surface area contributed by atoms with Crippen molar-refractivity contribution in [3.63, 3.8) is 0 Å². The van der Waals surface area contributed by atoms with Gasteiger partial charge in [0.05, 0.1) is 0 Å². The Hall–Kier alpha value is -0.700. The van der Waals surface area contributed by atoms with E-state index in [0.717, 1.165) is 12.8 Å². The van der Waals surface area contributed by atoms with E-state index in [0.29, 0.717) is 0 Å². The lowest BCUT2D eigenvalue weighted by atomic mass is 10.0. The van der Waals surface area contributed by atoms with E-state index < -0.39 is 5.79 Å². The van der Waals surface area contributed by atoms with E-state index in [4.69, 9.17) is 5.73 Å². The molecule has 0 unspecified atom stereocenters. The second kappa shape index (κ2) is 13.7. The molecule has 0 amide bonds. The van der Waals surface area contributed by atoms with Crippen LogP contribution in [0.15, 0.2) is 9.98 Å².